The SMILES string of the molecule is C[C@]1(COC(=O)OCCCCC23CC4CC(CC(C4)C2)C3)O[C@@H](n2cnc3c(N)cc(F)nc32)C[C@@H]1O. The smallest absolute Gasteiger partial charge is 0.434 e. The Morgan fingerprint density at radius 3 is 2.59 bits per heavy atom. The number of pyridine rings is 1. The van der Waals surface area contributed by atoms with Crippen LogP contribution >= 0.6 is 0 Å². The topological polar surface area (TPSA) is 122 Å². The Balaban J connectivity index is 0.955. The van der Waals surface area contributed by atoms with E-state index in [1.54, 1.807) is 6.92 Å². The number of hydrogen-bond donors (Lipinski definition) is 2. The third kappa shape index (κ3) is 4.78. The zero-order chi connectivity index (χ0) is 25.8. The molecule has 37 heavy (non-hydrogen) atoms. The minimum atomic E-state index is -1.16. The van der Waals surface area contributed by atoms with Crippen LogP contribution in [0.2, 0.25) is 0 Å². The fraction of sp³-hybridized carbons (Fsp3) is 0.741. The first kappa shape index (κ1) is 24.9. The molecule has 3 atom stereocenters. The van der Waals surface area contributed by atoms with Gasteiger partial charge in [0.25, 0.3) is 0 Å². The molecule has 0 spiro atoms. The highest BCUT2D eigenvalue weighted by Crippen LogP contribution is 2.61. The lowest BCUT2D eigenvalue weighted by atomic mass is 9.48. The number of halogens is 1. The molecule has 9 nitrogen and oxygen atoms in total. The molecule has 0 amide bonds. The largest absolute Gasteiger partial charge is 0.508 e. The van der Waals surface area contributed by atoms with E-state index < -0.39 is 30.0 Å². The number of imidazole rings is 1. The van der Waals surface area contributed by atoms with Crippen LogP contribution in [-0.4, -0.2) is 50.7 Å². The van der Waals surface area contributed by atoms with E-state index in [1.807, 2.05) is 0 Å². The van der Waals surface area contributed by atoms with Crippen LogP contribution in [0, 0.1) is 29.1 Å². The number of aromatic nitrogens is 3. The molecular formula is C27H37FN4O5. The fourth-order valence-electron chi connectivity index (χ4n) is 7.99. The number of anilines is 1. The summed E-state index contributed by atoms with van der Waals surface area (Å²) in [6.07, 6.45) is 11.0. The van der Waals surface area contributed by atoms with Gasteiger partial charge in [-0.25, -0.2) is 9.78 Å². The minimum absolute atomic E-state index is 0.173. The number of fused-ring (bicyclic) bond motifs is 1. The summed E-state index contributed by atoms with van der Waals surface area (Å²) < 4.78 is 32.0. The lowest BCUT2D eigenvalue weighted by Crippen LogP contribution is -2.45. The van der Waals surface area contributed by atoms with Crippen molar-refractivity contribution in [3.8, 4) is 0 Å². The molecular weight excluding hydrogens is 479 g/mol. The van der Waals surface area contributed by atoms with Crippen LogP contribution in [0.4, 0.5) is 14.9 Å². The summed E-state index contributed by atoms with van der Waals surface area (Å²) in [6.45, 7) is 1.82. The van der Waals surface area contributed by atoms with Gasteiger partial charge in [-0.3, -0.25) is 4.57 Å². The number of aliphatic hydroxyl groups is 1. The Bertz CT molecular complexity index is 1140. The molecule has 10 heteroatoms. The summed E-state index contributed by atoms with van der Waals surface area (Å²) in [6, 6.07) is 1.11. The average Bonchev–Trinajstić information content (AvgIpc) is 3.37. The maximum absolute atomic E-state index is 13.8. The highest BCUT2D eigenvalue weighted by molar-refractivity contribution is 5.83. The molecule has 5 aliphatic rings. The number of carbonyl (C=O) groups excluding carboxylic acids is 1. The van der Waals surface area contributed by atoms with E-state index in [9.17, 15) is 14.3 Å². The maximum atomic E-state index is 13.8. The Morgan fingerprint density at radius 1 is 1.19 bits per heavy atom. The Kier molecular flexibility index (Phi) is 6.30. The van der Waals surface area contributed by atoms with Gasteiger partial charge in [-0.2, -0.15) is 9.37 Å². The molecule has 0 unspecified atom stereocenters. The summed E-state index contributed by atoms with van der Waals surface area (Å²) >= 11 is 0. The lowest BCUT2D eigenvalue weighted by molar-refractivity contribution is -0.122. The van der Waals surface area contributed by atoms with Crippen LogP contribution < -0.4 is 5.73 Å². The third-order valence-corrected chi connectivity index (χ3v) is 9.34. The fourth-order valence-corrected chi connectivity index (χ4v) is 7.99. The van der Waals surface area contributed by atoms with Crippen LogP contribution in [-0.2, 0) is 14.2 Å². The maximum Gasteiger partial charge on any atom is 0.508 e. The van der Waals surface area contributed by atoms with Crippen molar-refractivity contribution >= 4 is 23.0 Å². The Labute approximate surface area is 215 Å². The average molecular weight is 517 g/mol. The summed E-state index contributed by atoms with van der Waals surface area (Å²) in [5, 5.41) is 10.7. The van der Waals surface area contributed by atoms with Gasteiger partial charge in [-0.15, -0.1) is 0 Å². The van der Waals surface area contributed by atoms with Gasteiger partial charge in [0, 0.05) is 12.5 Å². The summed E-state index contributed by atoms with van der Waals surface area (Å²) in [5.41, 5.74) is 5.99. The van der Waals surface area contributed by atoms with Crippen molar-refractivity contribution in [2.75, 3.05) is 18.9 Å². The number of nitrogens with two attached hydrogens (primary N) is 1. The first-order valence-electron chi connectivity index (χ1n) is 13.7. The molecule has 7 rings (SSSR count). The molecule has 202 valence electrons. The number of nitrogens with zero attached hydrogens (tertiary/aromatic N) is 3. The number of aliphatic hydroxyl groups excluding tert-OH is 1. The first-order chi connectivity index (χ1) is 17.7. The molecule has 0 aromatic carbocycles. The van der Waals surface area contributed by atoms with Crippen molar-refractivity contribution in [3.63, 3.8) is 0 Å². The second-order valence-corrected chi connectivity index (χ2v) is 12.3. The number of unbranched alkanes of at least 4 members (excludes halogenated alkanes) is 1. The molecule has 2 aromatic rings. The van der Waals surface area contributed by atoms with Crippen molar-refractivity contribution in [3.05, 3.63) is 18.3 Å². The van der Waals surface area contributed by atoms with E-state index in [0.717, 1.165) is 36.7 Å². The quantitative estimate of drug-likeness (QED) is 0.293. The zero-order valence-corrected chi connectivity index (χ0v) is 21.4. The molecule has 4 saturated carbocycles. The van der Waals surface area contributed by atoms with E-state index in [2.05, 4.69) is 9.97 Å². The Morgan fingerprint density at radius 2 is 1.89 bits per heavy atom. The highest BCUT2D eigenvalue weighted by atomic mass is 19.1. The molecule has 3 heterocycles. The molecule has 0 radical (unpaired) electrons. The van der Waals surface area contributed by atoms with Gasteiger partial charge in [0.1, 0.15) is 24.0 Å². The van der Waals surface area contributed by atoms with Crippen LogP contribution in [0.1, 0.15) is 77.4 Å². The van der Waals surface area contributed by atoms with E-state index in [-0.39, 0.29) is 24.4 Å². The normalized spacial score (nSPS) is 36.4. The Hall–Kier alpha value is -2.46. The molecule has 4 bridgehead atoms. The van der Waals surface area contributed by atoms with Crippen LogP contribution in [0.3, 0.4) is 0 Å². The molecule has 1 saturated heterocycles. The van der Waals surface area contributed by atoms with Crippen molar-refractivity contribution in [2.45, 2.75) is 89.1 Å². The van der Waals surface area contributed by atoms with Crippen molar-refractivity contribution in [1.29, 1.82) is 0 Å². The first-order valence-corrected chi connectivity index (χ1v) is 13.7. The molecule has 5 fully saturated rings. The van der Waals surface area contributed by atoms with Gasteiger partial charge >= 0.3 is 6.16 Å². The number of nitrogen functional groups attached to an aromatic ring is 1. The summed E-state index contributed by atoms with van der Waals surface area (Å²) in [5.74, 6) is 2.14. The lowest BCUT2D eigenvalue weighted by Gasteiger charge is -2.57. The summed E-state index contributed by atoms with van der Waals surface area (Å²) in [7, 11) is 0. The predicted octanol–water partition coefficient (Wildman–Crippen LogP) is 4.73. The van der Waals surface area contributed by atoms with Gasteiger partial charge in [-0.1, -0.05) is 0 Å². The number of carbonyl (C=O) groups is 1. The number of rotatable bonds is 8. The van der Waals surface area contributed by atoms with Crippen molar-refractivity contribution in [2.24, 2.45) is 23.2 Å². The van der Waals surface area contributed by atoms with Gasteiger partial charge in [0.15, 0.2) is 5.65 Å². The standard InChI is InChI=1S/C27H37FN4O5/c1-26(20(33)10-22(37-26)32-15-30-23-19(29)9-21(28)31-24(23)32)14-36-25(34)35-5-3-2-4-27-11-16-6-17(12-27)8-18(7-16)13-27/h9,15-18,20,22,33H,2-8,10-14H2,1H3,(H2,29,31)/t16?,17?,18?,20-,22+,26+,27?/m0/s1. The van der Waals surface area contributed by atoms with Gasteiger partial charge in [-0.05, 0) is 87.9 Å². The van der Waals surface area contributed by atoms with E-state index in [4.69, 9.17) is 19.9 Å². The van der Waals surface area contributed by atoms with Gasteiger partial charge < -0.3 is 25.1 Å². The van der Waals surface area contributed by atoms with Crippen molar-refractivity contribution in [1.82, 2.24) is 14.5 Å². The molecule has 4 aliphatic carbocycles. The van der Waals surface area contributed by atoms with E-state index >= 15 is 0 Å². The highest BCUT2D eigenvalue weighted by Gasteiger charge is 2.50. The van der Waals surface area contributed by atoms with Crippen molar-refractivity contribution < 1.29 is 28.5 Å². The van der Waals surface area contributed by atoms with Crippen LogP contribution in [0.5, 0.6) is 0 Å². The van der Waals surface area contributed by atoms with E-state index in [0.29, 0.717) is 17.5 Å². The zero-order valence-electron chi connectivity index (χ0n) is 21.4. The van der Waals surface area contributed by atoms with Gasteiger partial charge in [0.2, 0.25) is 5.95 Å². The number of ether oxygens (including phenoxy) is 3. The third-order valence-electron chi connectivity index (χ3n) is 9.34. The molecule has 3 N–H and O–H groups in total. The van der Waals surface area contributed by atoms with Crippen LogP contribution in [0.25, 0.3) is 11.2 Å². The second kappa shape index (κ2) is 9.38. The minimum Gasteiger partial charge on any atom is -0.434 e. The van der Waals surface area contributed by atoms with Crippen LogP contribution in [0.15, 0.2) is 12.4 Å². The monoisotopic (exact) mass is 516 g/mol. The molecule has 2 aromatic heterocycles. The number of hydrogen-bond acceptors (Lipinski definition) is 8. The summed E-state index contributed by atoms with van der Waals surface area (Å²) in [4.78, 5) is 20.3. The molecule has 1 aliphatic heterocycles. The predicted molar refractivity (Wildman–Crippen MR) is 133 cm³/mol. The van der Waals surface area contributed by atoms with Gasteiger partial charge in [0.05, 0.1) is 24.7 Å². The van der Waals surface area contributed by atoms with E-state index in [1.165, 1.54) is 55.8 Å². The second-order valence-electron chi connectivity index (χ2n) is 12.3.